The molecule has 1 unspecified atom stereocenters. The molecule has 0 saturated heterocycles. The van der Waals surface area contributed by atoms with Gasteiger partial charge in [0.05, 0.1) is 28.3 Å². The monoisotopic (exact) mass is 511 g/mol. The summed E-state index contributed by atoms with van der Waals surface area (Å²) < 4.78 is 30.6. The number of imidazole rings is 1. The molecule has 1 atom stereocenters. The third-order valence-electron chi connectivity index (χ3n) is 6.39. The van der Waals surface area contributed by atoms with Crippen LogP contribution in [0.3, 0.4) is 0 Å². The van der Waals surface area contributed by atoms with Crippen LogP contribution >= 0.6 is 0 Å². The molecular formula is C28H23F2N7O. The lowest BCUT2D eigenvalue weighted by molar-refractivity contribution is 0.192. The van der Waals surface area contributed by atoms with E-state index in [0.717, 1.165) is 6.42 Å². The van der Waals surface area contributed by atoms with Crippen LogP contribution in [0.4, 0.5) is 14.5 Å². The van der Waals surface area contributed by atoms with Crippen molar-refractivity contribution >= 4 is 27.8 Å². The minimum Gasteiger partial charge on any atom is -0.374 e. The van der Waals surface area contributed by atoms with Crippen molar-refractivity contribution in [2.24, 2.45) is 0 Å². The van der Waals surface area contributed by atoms with Crippen LogP contribution in [0.1, 0.15) is 19.8 Å². The van der Waals surface area contributed by atoms with Crippen molar-refractivity contribution in [3.8, 4) is 33.8 Å². The van der Waals surface area contributed by atoms with Crippen molar-refractivity contribution in [3.05, 3.63) is 78.8 Å². The second kappa shape index (κ2) is 9.64. The first-order valence-corrected chi connectivity index (χ1v) is 12.2. The van der Waals surface area contributed by atoms with Gasteiger partial charge in [0.1, 0.15) is 23.6 Å². The number of pyridine rings is 2. The SMILES string of the molecule is CCCC(O)Nc1cncc(-c2ccc3[nH]nc(-c4nc5nccc(-c6ccccc6F)c5[nH]4)c3c2F)c1. The largest absolute Gasteiger partial charge is 0.374 e. The number of halogens is 2. The molecular weight excluding hydrogens is 488 g/mol. The molecule has 190 valence electrons. The molecule has 0 amide bonds. The van der Waals surface area contributed by atoms with Crippen LogP contribution in [0, 0.1) is 11.6 Å². The molecule has 4 heterocycles. The van der Waals surface area contributed by atoms with Gasteiger partial charge < -0.3 is 15.4 Å². The molecule has 4 aromatic heterocycles. The number of hydrogen-bond acceptors (Lipinski definition) is 6. The maximum absolute atomic E-state index is 16.0. The van der Waals surface area contributed by atoms with E-state index in [1.54, 1.807) is 61.1 Å². The number of aliphatic hydroxyl groups is 1. The Morgan fingerprint density at radius 2 is 1.89 bits per heavy atom. The van der Waals surface area contributed by atoms with Gasteiger partial charge in [-0.1, -0.05) is 31.5 Å². The topological polar surface area (TPSA) is 115 Å². The van der Waals surface area contributed by atoms with Crippen molar-refractivity contribution in [1.82, 2.24) is 30.1 Å². The van der Waals surface area contributed by atoms with Gasteiger partial charge in [-0.25, -0.2) is 18.7 Å². The summed E-state index contributed by atoms with van der Waals surface area (Å²) in [6.45, 7) is 1.98. The number of aliphatic hydroxyl groups excluding tert-OH is 1. The quantitative estimate of drug-likeness (QED) is 0.194. The summed E-state index contributed by atoms with van der Waals surface area (Å²) in [5.41, 5.74) is 4.09. The number of fused-ring (bicyclic) bond motifs is 2. The lowest BCUT2D eigenvalue weighted by Crippen LogP contribution is -2.18. The molecule has 0 aliphatic carbocycles. The van der Waals surface area contributed by atoms with Gasteiger partial charge in [-0.2, -0.15) is 5.10 Å². The van der Waals surface area contributed by atoms with Crippen LogP contribution in [0.5, 0.6) is 0 Å². The molecule has 8 nitrogen and oxygen atoms in total. The van der Waals surface area contributed by atoms with E-state index >= 15 is 4.39 Å². The van der Waals surface area contributed by atoms with Crippen LogP contribution < -0.4 is 5.32 Å². The van der Waals surface area contributed by atoms with Gasteiger partial charge in [0.15, 0.2) is 11.5 Å². The van der Waals surface area contributed by atoms with Gasteiger partial charge in [-0.05, 0) is 36.8 Å². The predicted molar refractivity (Wildman–Crippen MR) is 142 cm³/mol. The van der Waals surface area contributed by atoms with Crippen molar-refractivity contribution in [1.29, 1.82) is 0 Å². The van der Waals surface area contributed by atoms with Crippen LogP contribution in [-0.4, -0.2) is 41.5 Å². The van der Waals surface area contributed by atoms with E-state index in [-0.39, 0.29) is 16.9 Å². The highest BCUT2D eigenvalue weighted by Crippen LogP contribution is 2.35. The van der Waals surface area contributed by atoms with Gasteiger partial charge in [-0.3, -0.25) is 10.1 Å². The molecule has 10 heteroatoms. The normalized spacial score (nSPS) is 12.3. The number of nitrogens with one attached hydrogen (secondary N) is 3. The van der Waals surface area contributed by atoms with Crippen LogP contribution in [0.25, 0.3) is 55.8 Å². The summed E-state index contributed by atoms with van der Waals surface area (Å²) in [6.07, 6.45) is 5.37. The maximum atomic E-state index is 16.0. The van der Waals surface area contributed by atoms with Gasteiger partial charge in [-0.15, -0.1) is 0 Å². The number of nitrogens with zero attached hydrogens (tertiary/aromatic N) is 4. The summed E-state index contributed by atoms with van der Waals surface area (Å²) in [5, 5.41) is 20.5. The third-order valence-corrected chi connectivity index (χ3v) is 6.39. The second-order valence-corrected chi connectivity index (χ2v) is 8.96. The Morgan fingerprint density at radius 1 is 1.03 bits per heavy atom. The Balaban J connectivity index is 1.44. The first kappa shape index (κ1) is 23.7. The average molecular weight is 512 g/mol. The Morgan fingerprint density at radius 3 is 2.74 bits per heavy atom. The Hall–Kier alpha value is -4.70. The van der Waals surface area contributed by atoms with E-state index in [0.29, 0.717) is 56.9 Å². The van der Waals surface area contributed by atoms with Crippen LogP contribution in [0.15, 0.2) is 67.1 Å². The molecule has 6 rings (SSSR count). The van der Waals surface area contributed by atoms with Crippen molar-refractivity contribution in [3.63, 3.8) is 0 Å². The standard InChI is InChI=1S/C28H23F2N7O/c1-2-5-22(38)33-16-12-15(13-31-14-16)17-8-9-21-23(24(17)30)26(37-36-21)28-34-25-19(10-11-32-27(25)35-28)18-6-3-4-7-20(18)29/h3-4,6-14,22,33,38H,2,5H2,1H3,(H,36,37)(H,32,34,35). The summed E-state index contributed by atoms with van der Waals surface area (Å²) in [4.78, 5) is 16.2. The number of benzene rings is 2. The molecule has 0 aliphatic heterocycles. The molecule has 0 fully saturated rings. The molecule has 2 aromatic carbocycles. The lowest BCUT2D eigenvalue weighted by Gasteiger charge is -2.14. The van der Waals surface area contributed by atoms with Crippen LogP contribution in [-0.2, 0) is 0 Å². The Bertz CT molecular complexity index is 1780. The van der Waals surface area contributed by atoms with Gasteiger partial charge in [0, 0.05) is 34.6 Å². The van der Waals surface area contributed by atoms with Gasteiger partial charge in [0.2, 0.25) is 0 Å². The minimum atomic E-state index is -0.721. The van der Waals surface area contributed by atoms with E-state index in [9.17, 15) is 9.50 Å². The lowest BCUT2D eigenvalue weighted by atomic mass is 10.0. The molecule has 6 aromatic rings. The van der Waals surface area contributed by atoms with E-state index in [4.69, 9.17) is 0 Å². The highest BCUT2D eigenvalue weighted by Gasteiger charge is 2.21. The molecule has 4 N–H and O–H groups in total. The predicted octanol–water partition coefficient (Wildman–Crippen LogP) is 6.04. The fraction of sp³-hybridized carbons (Fsp3) is 0.143. The van der Waals surface area contributed by atoms with Crippen molar-refractivity contribution < 1.29 is 13.9 Å². The summed E-state index contributed by atoms with van der Waals surface area (Å²) in [6, 6.07) is 13.3. The third kappa shape index (κ3) is 4.14. The number of aromatic nitrogens is 6. The minimum absolute atomic E-state index is 0.248. The number of rotatable bonds is 7. The van der Waals surface area contributed by atoms with Gasteiger partial charge in [0.25, 0.3) is 0 Å². The molecule has 0 spiro atoms. The zero-order chi connectivity index (χ0) is 26.2. The number of anilines is 1. The Labute approximate surface area is 215 Å². The molecule has 38 heavy (non-hydrogen) atoms. The molecule has 0 aliphatic rings. The van der Waals surface area contributed by atoms with E-state index in [1.165, 1.54) is 6.07 Å². The molecule has 0 bridgehead atoms. The number of H-pyrrole nitrogens is 2. The summed E-state index contributed by atoms with van der Waals surface area (Å²) >= 11 is 0. The fourth-order valence-corrected chi connectivity index (χ4v) is 4.60. The first-order valence-electron chi connectivity index (χ1n) is 12.2. The first-order chi connectivity index (χ1) is 18.5. The maximum Gasteiger partial charge on any atom is 0.178 e. The number of aromatic amines is 2. The van der Waals surface area contributed by atoms with E-state index in [1.807, 2.05) is 6.92 Å². The summed E-state index contributed by atoms with van der Waals surface area (Å²) in [5.74, 6) is -0.568. The molecule has 0 radical (unpaired) electrons. The highest BCUT2D eigenvalue weighted by molar-refractivity contribution is 5.98. The van der Waals surface area contributed by atoms with E-state index < -0.39 is 12.0 Å². The van der Waals surface area contributed by atoms with Gasteiger partial charge >= 0.3 is 0 Å². The zero-order valence-electron chi connectivity index (χ0n) is 20.3. The van der Waals surface area contributed by atoms with Crippen molar-refractivity contribution in [2.75, 3.05) is 5.32 Å². The summed E-state index contributed by atoms with van der Waals surface area (Å²) in [7, 11) is 0. The number of hydrogen-bond donors (Lipinski definition) is 4. The molecule has 0 saturated carbocycles. The highest BCUT2D eigenvalue weighted by atomic mass is 19.1. The van der Waals surface area contributed by atoms with Crippen LogP contribution in [0.2, 0.25) is 0 Å². The van der Waals surface area contributed by atoms with E-state index in [2.05, 4.69) is 35.5 Å². The smallest absolute Gasteiger partial charge is 0.178 e. The zero-order valence-corrected chi connectivity index (χ0v) is 20.3. The second-order valence-electron chi connectivity index (χ2n) is 8.96. The van der Waals surface area contributed by atoms with Crippen molar-refractivity contribution in [2.45, 2.75) is 26.0 Å². The average Bonchev–Trinajstić information content (AvgIpc) is 3.54. The fourth-order valence-electron chi connectivity index (χ4n) is 4.60. The Kier molecular flexibility index (Phi) is 6.01.